The highest BCUT2D eigenvalue weighted by Gasteiger charge is 2.16. The van der Waals surface area contributed by atoms with Crippen LogP contribution in [-0.4, -0.2) is 9.99 Å². The number of hydrogen-bond acceptors (Lipinski definition) is 2. The highest BCUT2D eigenvalue weighted by Crippen LogP contribution is 2.19. The van der Waals surface area contributed by atoms with Crippen LogP contribution in [0.2, 0.25) is 0 Å². The lowest BCUT2D eigenvalue weighted by molar-refractivity contribution is 0.104. The van der Waals surface area contributed by atoms with E-state index in [-0.39, 0.29) is 5.78 Å². The van der Waals surface area contributed by atoms with Crippen LogP contribution in [0, 0.1) is 0 Å². The highest BCUT2D eigenvalue weighted by atomic mass is 32.2. The zero-order valence-electron chi connectivity index (χ0n) is 6.19. The van der Waals surface area contributed by atoms with Crippen LogP contribution in [-0.2, 0) is 10.8 Å². The van der Waals surface area contributed by atoms with E-state index in [0.29, 0.717) is 10.5 Å². The molecule has 1 aliphatic rings. The second-order valence-electron chi connectivity index (χ2n) is 2.46. The Morgan fingerprint density at radius 2 is 1.92 bits per heavy atom. The largest absolute Gasteiger partial charge is 0.289 e. The summed E-state index contributed by atoms with van der Waals surface area (Å²) >= 11 is 0. The minimum Gasteiger partial charge on any atom is -0.289 e. The molecule has 0 bridgehead atoms. The Morgan fingerprint density at radius 1 is 1.17 bits per heavy atom. The standard InChI is InChI=1S/C9H6O2S/c10-8-5-6-12(11)9-4-2-1-3-7(8)9/h1-6H. The number of rotatable bonds is 0. The number of ketones is 1. The van der Waals surface area contributed by atoms with Crippen molar-refractivity contribution >= 4 is 16.6 Å². The summed E-state index contributed by atoms with van der Waals surface area (Å²) < 4.78 is 11.3. The smallest absolute Gasteiger partial charge is 0.187 e. The van der Waals surface area contributed by atoms with E-state index in [9.17, 15) is 9.00 Å². The van der Waals surface area contributed by atoms with Gasteiger partial charge in [-0.05, 0) is 18.2 Å². The molecule has 60 valence electrons. The zero-order chi connectivity index (χ0) is 8.55. The van der Waals surface area contributed by atoms with E-state index in [2.05, 4.69) is 0 Å². The first-order chi connectivity index (χ1) is 5.79. The number of carbonyl (C=O) groups excluding carboxylic acids is 1. The van der Waals surface area contributed by atoms with E-state index in [1.807, 2.05) is 0 Å². The van der Waals surface area contributed by atoms with Crippen molar-refractivity contribution in [2.75, 3.05) is 0 Å². The Morgan fingerprint density at radius 3 is 2.67 bits per heavy atom. The van der Waals surface area contributed by atoms with Gasteiger partial charge in [0.05, 0.1) is 15.7 Å². The van der Waals surface area contributed by atoms with Crippen molar-refractivity contribution < 1.29 is 9.00 Å². The van der Waals surface area contributed by atoms with Gasteiger partial charge in [0, 0.05) is 11.0 Å². The number of carbonyl (C=O) groups is 1. The maximum absolute atomic E-state index is 11.3. The Labute approximate surface area is 72.4 Å². The van der Waals surface area contributed by atoms with Gasteiger partial charge in [0.2, 0.25) is 0 Å². The lowest BCUT2D eigenvalue weighted by Gasteiger charge is -2.07. The maximum atomic E-state index is 11.3. The van der Waals surface area contributed by atoms with Gasteiger partial charge in [0.1, 0.15) is 0 Å². The lowest BCUT2D eigenvalue weighted by atomic mass is 10.1. The second-order valence-corrected chi connectivity index (χ2v) is 3.77. The lowest BCUT2D eigenvalue weighted by Crippen LogP contribution is -2.06. The first-order valence-corrected chi connectivity index (χ1v) is 4.72. The predicted octanol–water partition coefficient (Wildman–Crippen LogP) is 1.50. The molecule has 1 aromatic carbocycles. The molecule has 0 aliphatic carbocycles. The third-order valence-corrected chi connectivity index (χ3v) is 2.89. The molecule has 0 amide bonds. The van der Waals surface area contributed by atoms with E-state index in [0.717, 1.165) is 0 Å². The Bertz CT molecular complexity index is 356. The Hall–Kier alpha value is -1.22. The number of allylic oxidation sites excluding steroid dienone is 1. The van der Waals surface area contributed by atoms with Crippen LogP contribution >= 0.6 is 0 Å². The Kier molecular flexibility index (Phi) is 1.66. The summed E-state index contributed by atoms with van der Waals surface area (Å²) in [7, 11) is -1.14. The first kappa shape index (κ1) is 7.43. The van der Waals surface area contributed by atoms with E-state index in [1.165, 1.54) is 11.5 Å². The van der Waals surface area contributed by atoms with Crippen molar-refractivity contribution in [2.24, 2.45) is 0 Å². The molecule has 2 rings (SSSR count). The van der Waals surface area contributed by atoms with Crippen LogP contribution in [0.3, 0.4) is 0 Å². The van der Waals surface area contributed by atoms with Gasteiger partial charge in [-0.3, -0.25) is 4.79 Å². The molecule has 1 aromatic rings. The summed E-state index contributed by atoms with van der Waals surface area (Å²) in [5, 5.41) is 1.42. The second kappa shape index (κ2) is 2.68. The van der Waals surface area contributed by atoms with E-state index in [1.54, 1.807) is 24.3 Å². The van der Waals surface area contributed by atoms with Crippen molar-refractivity contribution in [1.29, 1.82) is 0 Å². The van der Waals surface area contributed by atoms with Gasteiger partial charge in [-0.25, -0.2) is 4.21 Å². The van der Waals surface area contributed by atoms with Gasteiger partial charge >= 0.3 is 0 Å². The number of benzene rings is 1. The monoisotopic (exact) mass is 178 g/mol. The van der Waals surface area contributed by atoms with E-state index >= 15 is 0 Å². The fraction of sp³-hybridized carbons (Fsp3) is 0. The molecule has 0 fully saturated rings. The van der Waals surface area contributed by atoms with Crippen LogP contribution in [0.5, 0.6) is 0 Å². The van der Waals surface area contributed by atoms with Crippen molar-refractivity contribution in [3.8, 4) is 0 Å². The molecular weight excluding hydrogens is 172 g/mol. The van der Waals surface area contributed by atoms with Gasteiger partial charge in [0.25, 0.3) is 0 Å². The third kappa shape index (κ3) is 1.02. The molecule has 0 aromatic heterocycles. The molecule has 0 N–H and O–H groups in total. The quantitative estimate of drug-likeness (QED) is 0.603. The summed E-state index contributed by atoms with van der Waals surface area (Å²) in [4.78, 5) is 11.8. The minimum atomic E-state index is -1.14. The molecule has 1 aliphatic heterocycles. The van der Waals surface area contributed by atoms with Crippen molar-refractivity contribution in [3.05, 3.63) is 41.3 Å². The first-order valence-electron chi connectivity index (χ1n) is 3.51. The summed E-state index contributed by atoms with van der Waals surface area (Å²) in [6.07, 6.45) is 1.36. The van der Waals surface area contributed by atoms with Gasteiger partial charge < -0.3 is 0 Å². The molecule has 1 heterocycles. The number of hydrogen-bond donors (Lipinski definition) is 0. The molecule has 3 heteroatoms. The topological polar surface area (TPSA) is 34.1 Å². The fourth-order valence-corrected chi connectivity index (χ4v) is 2.12. The zero-order valence-corrected chi connectivity index (χ0v) is 7.01. The SMILES string of the molecule is O=C1C=CS(=O)c2ccccc21. The third-order valence-electron chi connectivity index (χ3n) is 1.71. The molecule has 0 spiro atoms. The van der Waals surface area contributed by atoms with Crippen molar-refractivity contribution in [2.45, 2.75) is 4.90 Å². The van der Waals surface area contributed by atoms with Crippen LogP contribution in [0.15, 0.2) is 40.6 Å². The molecule has 1 unspecified atom stereocenters. The van der Waals surface area contributed by atoms with Crippen LogP contribution in [0.25, 0.3) is 0 Å². The molecule has 1 atom stereocenters. The summed E-state index contributed by atoms with van der Waals surface area (Å²) in [5.41, 5.74) is 0.554. The molecule has 0 saturated carbocycles. The predicted molar refractivity (Wildman–Crippen MR) is 46.3 cm³/mol. The minimum absolute atomic E-state index is 0.0646. The summed E-state index contributed by atoms with van der Waals surface area (Å²) in [6, 6.07) is 6.96. The van der Waals surface area contributed by atoms with Crippen molar-refractivity contribution in [1.82, 2.24) is 0 Å². The van der Waals surface area contributed by atoms with Crippen molar-refractivity contribution in [3.63, 3.8) is 0 Å². The van der Waals surface area contributed by atoms with Gasteiger partial charge in [-0.15, -0.1) is 0 Å². The van der Waals surface area contributed by atoms with E-state index in [4.69, 9.17) is 0 Å². The van der Waals surface area contributed by atoms with E-state index < -0.39 is 10.8 Å². The highest BCUT2D eigenvalue weighted by molar-refractivity contribution is 7.88. The van der Waals surface area contributed by atoms with Gasteiger partial charge in [-0.2, -0.15) is 0 Å². The van der Waals surface area contributed by atoms with Crippen LogP contribution in [0.1, 0.15) is 10.4 Å². The summed E-state index contributed by atoms with van der Waals surface area (Å²) in [6.45, 7) is 0. The molecule has 0 radical (unpaired) electrons. The van der Waals surface area contributed by atoms with Gasteiger partial charge in [-0.1, -0.05) is 12.1 Å². The van der Waals surface area contributed by atoms with Gasteiger partial charge in [0.15, 0.2) is 5.78 Å². The Balaban J connectivity index is 2.69. The molecular formula is C9H6O2S. The van der Waals surface area contributed by atoms with Crippen LogP contribution < -0.4 is 0 Å². The molecule has 0 saturated heterocycles. The normalized spacial score (nSPS) is 20.7. The average Bonchev–Trinajstić information content (AvgIpc) is 2.12. The molecule has 2 nitrogen and oxygen atoms in total. The molecule has 12 heavy (non-hydrogen) atoms. The maximum Gasteiger partial charge on any atom is 0.187 e. The number of fused-ring (bicyclic) bond motifs is 1. The average molecular weight is 178 g/mol. The fourth-order valence-electron chi connectivity index (χ4n) is 1.13. The summed E-state index contributed by atoms with van der Waals surface area (Å²) in [5.74, 6) is -0.0646. The van der Waals surface area contributed by atoms with Crippen LogP contribution in [0.4, 0.5) is 0 Å².